The van der Waals surface area contributed by atoms with E-state index in [2.05, 4.69) is 20.9 Å². The number of nitrogens with two attached hydrogens (primary N) is 1. The molecule has 0 aromatic carbocycles. The number of primary amides is 1. The lowest BCUT2D eigenvalue weighted by molar-refractivity contribution is -0.347. The van der Waals surface area contributed by atoms with E-state index in [1.807, 2.05) is 0 Å². The van der Waals surface area contributed by atoms with E-state index < -0.39 is 134 Å². The number of hydrogen-bond donors (Lipinski definition) is 11. The number of fused-ring (bicyclic) bond motifs is 2. The number of nitrogens with zero attached hydrogens (tertiary/aromatic N) is 3. The van der Waals surface area contributed by atoms with Gasteiger partial charge in [0.2, 0.25) is 11.6 Å². The van der Waals surface area contributed by atoms with Crippen LogP contribution in [0.4, 0.5) is 4.79 Å². The highest BCUT2D eigenvalue weighted by molar-refractivity contribution is 6.23. The quantitative estimate of drug-likeness (QED) is 0.0775. The lowest BCUT2D eigenvalue weighted by Gasteiger charge is -2.45. The third kappa shape index (κ3) is 12.5. The molecular weight excluding hydrogens is 888 g/mol. The van der Waals surface area contributed by atoms with Crippen molar-refractivity contribution in [2.24, 2.45) is 17.6 Å². The maximum atomic E-state index is 14.2. The van der Waals surface area contributed by atoms with Crippen molar-refractivity contribution in [3.8, 4) is 0 Å². The van der Waals surface area contributed by atoms with E-state index in [-0.39, 0.29) is 47.6 Å². The summed E-state index contributed by atoms with van der Waals surface area (Å²) in [6.45, 7) is 4.93. The van der Waals surface area contributed by atoms with Crippen LogP contribution in [0.25, 0.3) is 0 Å². The summed E-state index contributed by atoms with van der Waals surface area (Å²) in [7, 11) is 2.81. The molecule has 2 fully saturated rings. The zero-order chi connectivity index (χ0) is 49.4. The van der Waals surface area contributed by atoms with Crippen molar-refractivity contribution in [2.75, 3.05) is 27.4 Å². The molecule has 1 aromatic heterocycles. The van der Waals surface area contributed by atoms with Gasteiger partial charge in [-0.3, -0.25) is 14.4 Å². The summed E-state index contributed by atoms with van der Waals surface area (Å²) in [5, 5.41) is 97.8. The lowest BCUT2D eigenvalue weighted by Crippen LogP contribution is -2.63. The molecule has 3 aliphatic heterocycles. The average Bonchev–Trinajstić information content (AvgIpc) is 3.77. The summed E-state index contributed by atoms with van der Waals surface area (Å²) in [6.07, 6.45) is -12.7. The average molecular weight is 951 g/mol. The van der Waals surface area contributed by atoms with E-state index in [4.69, 9.17) is 34.2 Å². The Labute approximate surface area is 385 Å². The first kappa shape index (κ1) is 53.2. The third-order valence-electron chi connectivity index (χ3n) is 12.0. The molecule has 0 unspecified atom stereocenters. The van der Waals surface area contributed by atoms with Crippen LogP contribution >= 0.6 is 0 Å². The highest BCUT2D eigenvalue weighted by atomic mass is 16.7. The summed E-state index contributed by atoms with van der Waals surface area (Å²) in [4.78, 5) is 53.3. The Bertz CT molecular complexity index is 2090. The van der Waals surface area contributed by atoms with Gasteiger partial charge in [-0.05, 0) is 38.2 Å². The zero-order valence-electron chi connectivity index (χ0n) is 37.8. The molecule has 2 bridgehead atoms. The Balaban J connectivity index is 1.38. The van der Waals surface area contributed by atoms with E-state index >= 15 is 0 Å². The molecule has 12 N–H and O–H groups in total. The van der Waals surface area contributed by atoms with Gasteiger partial charge in [0.15, 0.2) is 18.6 Å². The standard InChI is InChI=1S/C43H62N6O18/c1-18-10-23-30(45-14-22-15-49(48-47-22)41-36(58)35(57)39(29(17-51)64-41)66-42-37(59)34(56)33(55)28(16-50)65-42)25(52)13-24(32(23)54)46-40(60)19(2)8-7-9-26(62-5)38(67-43(44)61)21(4)12-20(3)31(53)27(11-18)63-6/h7-9,12-13,15,18,20,26-29,31,33-39,41-42,45,50-51,53,55-59H,10-11,14,16-17H2,1-6H3,(H2,44,61)(H,46,60)/b9-7-,19-8+,21-12+/t18-,20+,26+,27+,28-,29-,31-,33+,34+,35-,36-,37-,38+,39-,41-,42+/m1/s1. The normalized spacial score (nSPS) is 38.2. The van der Waals surface area contributed by atoms with Crippen LogP contribution in [0.2, 0.25) is 0 Å². The highest BCUT2D eigenvalue weighted by Crippen LogP contribution is 2.33. The van der Waals surface area contributed by atoms with Gasteiger partial charge in [-0.15, -0.1) is 5.10 Å². The van der Waals surface area contributed by atoms with Gasteiger partial charge in [-0.1, -0.05) is 43.4 Å². The van der Waals surface area contributed by atoms with Gasteiger partial charge < -0.3 is 85.6 Å². The van der Waals surface area contributed by atoms with E-state index in [1.165, 1.54) is 45.6 Å². The zero-order valence-corrected chi connectivity index (χ0v) is 37.8. The second kappa shape index (κ2) is 23.5. The van der Waals surface area contributed by atoms with Gasteiger partial charge in [0.1, 0.15) is 60.6 Å². The minimum absolute atomic E-state index is 0.00929. The molecular formula is C43H62N6O18. The number of ether oxygens (including phenoxy) is 6. The fourth-order valence-corrected chi connectivity index (χ4v) is 8.26. The number of hydrogen-bond acceptors (Lipinski definition) is 21. The van der Waals surface area contributed by atoms with Crippen LogP contribution in [0.3, 0.4) is 0 Å². The molecule has 0 saturated carbocycles. The molecule has 1 aliphatic carbocycles. The number of rotatable bonds is 11. The van der Waals surface area contributed by atoms with Crippen molar-refractivity contribution in [1.29, 1.82) is 0 Å². The van der Waals surface area contributed by atoms with Crippen molar-refractivity contribution >= 4 is 23.6 Å². The number of Topliss-reactive ketones (excluding diaryl/α,β-unsaturated/α-hetero) is 1. The number of allylic oxidation sites excluding steroid dienone is 4. The van der Waals surface area contributed by atoms with Crippen molar-refractivity contribution in [3.63, 3.8) is 0 Å². The second-order valence-electron chi connectivity index (χ2n) is 17.0. The van der Waals surface area contributed by atoms with E-state index in [1.54, 1.807) is 26.8 Å². The summed E-state index contributed by atoms with van der Waals surface area (Å²) >= 11 is 0. The maximum absolute atomic E-state index is 14.2. The second-order valence-corrected chi connectivity index (χ2v) is 17.0. The minimum Gasteiger partial charge on any atom is -0.439 e. The molecule has 372 valence electrons. The molecule has 5 rings (SSSR count). The van der Waals surface area contributed by atoms with Crippen LogP contribution in [0, 0.1) is 11.8 Å². The first-order valence-corrected chi connectivity index (χ1v) is 21.6. The smallest absolute Gasteiger partial charge is 0.405 e. The Morgan fingerprint density at radius 3 is 2.28 bits per heavy atom. The van der Waals surface area contributed by atoms with Crippen LogP contribution in [0.5, 0.6) is 0 Å². The number of aliphatic hydroxyl groups excluding tert-OH is 8. The number of carbonyl (C=O) groups excluding carboxylic acids is 4. The SMILES string of the molecule is CO[C@H]1/C=C\C=C(/C)C(=O)NC2=CC(=O)C(NCc3cn([C@@H]4O[C@H](CO)[C@@H](O[C@@H]5O[C@H](CO)[C@H](O)[C@H](O)[C@H]5O)[C@H](O)[C@H]4O)nn3)=C(C[C@@H](C)C[C@H](OC)[C@H](O)[C@@H](C)/C=C(\C)[C@@H]1OC(N)=O)C2=O. The number of aromatic nitrogens is 3. The number of aliphatic hydroxyl groups is 8. The molecule has 2 amide bonds. The van der Waals surface area contributed by atoms with E-state index in [9.17, 15) is 60.0 Å². The van der Waals surface area contributed by atoms with Gasteiger partial charge in [0, 0.05) is 37.4 Å². The largest absolute Gasteiger partial charge is 0.439 e. The van der Waals surface area contributed by atoms with Gasteiger partial charge in [-0.25, -0.2) is 9.48 Å². The predicted molar refractivity (Wildman–Crippen MR) is 228 cm³/mol. The summed E-state index contributed by atoms with van der Waals surface area (Å²) < 4.78 is 34.6. The summed E-state index contributed by atoms with van der Waals surface area (Å²) in [6, 6.07) is 0. The number of nitrogens with one attached hydrogen (secondary N) is 2. The topological polar surface area (TPSA) is 366 Å². The van der Waals surface area contributed by atoms with Crippen molar-refractivity contribution < 1.29 is 88.5 Å². The number of amides is 2. The molecule has 0 spiro atoms. The van der Waals surface area contributed by atoms with Crippen molar-refractivity contribution in [1.82, 2.24) is 25.6 Å². The third-order valence-corrected chi connectivity index (χ3v) is 12.0. The Morgan fingerprint density at radius 1 is 0.940 bits per heavy atom. The monoisotopic (exact) mass is 950 g/mol. The van der Waals surface area contributed by atoms with Crippen LogP contribution in [-0.2, 0) is 49.3 Å². The molecule has 24 nitrogen and oxygen atoms in total. The van der Waals surface area contributed by atoms with Crippen LogP contribution in [0.1, 0.15) is 52.5 Å². The molecule has 1 aromatic rings. The fraction of sp³-hybridized carbons (Fsp3) is 0.628. The Hall–Kier alpha value is -4.80. The van der Waals surface area contributed by atoms with Gasteiger partial charge in [0.25, 0.3) is 5.91 Å². The minimum atomic E-state index is -1.85. The van der Waals surface area contributed by atoms with Crippen molar-refractivity contribution in [2.45, 2.75) is 133 Å². The predicted octanol–water partition coefficient (Wildman–Crippen LogP) is -3.06. The molecule has 0 radical (unpaired) electrons. The van der Waals surface area contributed by atoms with E-state index in [0.29, 0.717) is 5.57 Å². The molecule has 4 heterocycles. The number of carbonyl (C=O) groups is 4. The summed E-state index contributed by atoms with van der Waals surface area (Å²) in [5.74, 6) is -3.01. The van der Waals surface area contributed by atoms with Crippen molar-refractivity contribution in [3.05, 3.63) is 70.4 Å². The molecule has 16 atom stereocenters. The van der Waals surface area contributed by atoms with Crippen LogP contribution in [0.15, 0.2) is 64.7 Å². The Kier molecular flexibility index (Phi) is 18.6. The van der Waals surface area contributed by atoms with Crippen LogP contribution < -0.4 is 16.4 Å². The van der Waals surface area contributed by atoms with Gasteiger partial charge in [0.05, 0.1) is 49.6 Å². The first-order valence-electron chi connectivity index (χ1n) is 21.6. The molecule has 24 heteroatoms. The summed E-state index contributed by atoms with van der Waals surface area (Å²) in [5.41, 5.74) is 5.79. The number of methoxy groups -OCH3 is 2. The lowest BCUT2D eigenvalue weighted by atomic mass is 9.85. The molecule has 67 heavy (non-hydrogen) atoms. The molecule has 4 aliphatic rings. The number of ketones is 2. The maximum Gasteiger partial charge on any atom is 0.405 e. The van der Waals surface area contributed by atoms with Gasteiger partial charge in [-0.2, -0.15) is 0 Å². The highest BCUT2D eigenvalue weighted by Gasteiger charge is 2.51. The first-order chi connectivity index (χ1) is 31.7. The molecule has 2 saturated heterocycles. The Morgan fingerprint density at radius 2 is 1.64 bits per heavy atom. The van der Waals surface area contributed by atoms with E-state index in [0.717, 1.165) is 10.8 Å². The van der Waals surface area contributed by atoms with Crippen LogP contribution in [-0.4, -0.2) is 186 Å². The fourth-order valence-electron chi connectivity index (χ4n) is 8.26. The van der Waals surface area contributed by atoms with Gasteiger partial charge >= 0.3 is 6.09 Å².